The minimum Gasteiger partial charge on any atom is -0.0654 e. The van der Waals surface area contributed by atoms with Crippen molar-refractivity contribution in [2.75, 3.05) is 0 Å². The fourth-order valence-electron chi connectivity index (χ4n) is 3.49. The van der Waals surface area contributed by atoms with E-state index in [-0.39, 0.29) is 0 Å². The lowest BCUT2D eigenvalue weighted by Crippen LogP contribution is -2.34. The van der Waals surface area contributed by atoms with Crippen LogP contribution in [0.2, 0.25) is 0 Å². The van der Waals surface area contributed by atoms with Gasteiger partial charge < -0.3 is 0 Å². The van der Waals surface area contributed by atoms with Crippen molar-refractivity contribution in [3.05, 3.63) is 0 Å². The molecular formula is C16H34. The Labute approximate surface area is 104 Å². The van der Waals surface area contributed by atoms with Gasteiger partial charge in [0.1, 0.15) is 0 Å². The van der Waals surface area contributed by atoms with Crippen LogP contribution in [0.15, 0.2) is 0 Å². The molecule has 0 aliphatic heterocycles. The van der Waals surface area contributed by atoms with E-state index in [2.05, 4.69) is 48.5 Å². The van der Waals surface area contributed by atoms with Crippen LogP contribution in [0.3, 0.4) is 0 Å². The Kier molecular flexibility index (Phi) is 7.35. The number of hydrogen-bond acceptors (Lipinski definition) is 0. The van der Waals surface area contributed by atoms with Gasteiger partial charge in [-0.3, -0.25) is 0 Å². The molecule has 0 saturated heterocycles. The topological polar surface area (TPSA) is 0 Å². The summed E-state index contributed by atoms with van der Waals surface area (Å²) in [7, 11) is 0. The van der Waals surface area contributed by atoms with Gasteiger partial charge in [-0.1, -0.05) is 80.6 Å². The molecule has 0 aliphatic rings. The molecule has 3 unspecified atom stereocenters. The Morgan fingerprint density at radius 3 is 1.75 bits per heavy atom. The van der Waals surface area contributed by atoms with Crippen LogP contribution >= 0.6 is 0 Å². The molecule has 0 heterocycles. The number of hydrogen-bond donors (Lipinski definition) is 0. The maximum atomic E-state index is 2.49. The predicted molar refractivity (Wildman–Crippen MR) is 75.7 cm³/mol. The maximum Gasteiger partial charge on any atom is -0.0298 e. The summed E-state index contributed by atoms with van der Waals surface area (Å²) < 4.78 is 0. The maximum absolute atomic E-state index is 2.49. The molecule has 0 rings (SSSR count). The standard InChI is InChI=1S/C16H34/c1-8-11-13(4)15(10-3)16(6,7)14(5)12-9-2/h13-15H,8-12H2,1-7H3. The van der Waals surface area contributed by atoms with E-state index in [9.17, 15) is 0 Å². The van der Waals surface area contributed by atoms with E-state index in [0.717, 1.165) is 17.8 Å². The zero-order chi connectivity index (χ0) is 12.8. The molecule has 3 atom stereocenters. The summed E-state index contributed by atoms with van der Waals surface area (Å²) in [5.41, 5.74) is 0.499. The zero-order valence-electron chi connectivity index (χ0n) is 12.8. The van der Waals surface area contributed by atoms with Gasteiger partial charge in [0.2, 0.25) is 0 Å². The first-order valence-electron chi connectivity index (χ1n) is 7.41. The largest absolute Gasteiger partial charge is 0.0654 e. The highest BCUT2D eigenvalue weighted by Gasteiger charge is 2.35. The van der Waals surface area contributed by atoms with E-state index < -0.39 is 0 Å². The Bertz CT molecular complexity index is 169. The monoisotopic (exact) mass is 226 g/mol. The second kappa shape index (κ2) is 7.35. The van der Waals surface area contributed by atoms with Gasteiger partial charge in [-0.15, -0.1) is 0 Å². The second-order valence-corrected chi connectivity index (χ2v) is 6.29. The average molecular weight is 226 g/mol. The molecule has 16 heavy (non-hydrogen) atoms. The first kappa shape index (κ1) is 16.0. The van der Waals surface area contributed by atoms with Gasteiger partial charge in [-0.05, 0) is 23.2 Å². The summed E-state index contributed by atoms with van der Waals surface area (Å²) in [6.45, 7) is 16.9. The fraction of sp³-hybridized carbons (Fsp3) is 1.00. The van der Waals surface area contributed by atoms with Crippen LogP contribution in [0.5, 0.6) is 0 Å². The second-order valence-electron chi connectivity index (χ2n) is 6.29. The third-order valence-corrected chi connectivity index (χ3v) is 4.82. The highest BCUT2D eigenvalue weighted by molar-refractivity contribution is 4.85. The molecule has 0 amide bonds. The third kappa shape index (κ3) is 4.11. The minimum atomic E-state index is 0.499. The molecule has 98 valence electrons. The van der Waals surface area contributed by atoms with Gasteiger partial charge in [-0.2, -0.15) is 0 Å². The quantitative estimate of drug-likeness (QED) is 0.482. The van der Waals surface area contributed by atoms with Gasteiger partial charge >= 0.3 is 0 Å². The smallest absolute Gasteiger partial charge is 0.0298 e. The van der Waals surface area contributed by atoms with E-state index in [0.29, 0.717) is 5.41 Å². The van der Waals surface area contributed by atoms with E-state index in [1.165, 1.54) is 32.1 Å². The first-order valence-corrected chi connectivity index (χ1v) is 7.41. The Balaban J connectivity index is 4.63. The van der Waals surface area contributed by atoms with Crippen LogP contribution in [0.4, 0.5) is 0 Å². The van der Waals surface area contributed by atoms with Crippen LogP contribution in [-0.4, -0.2) is 0 Å². The molecule has 0 aliphatic carbocycles. The molecule has 0 radical (unpaired) electrons. The molecule has 0 nitrogen and oxygen atoms in total. The van der Waals surface area contributed by atoms with E-state index in [4.69, 9.17) is 0 Å². The lowest BCUT2D eigenvalue weighted by atomic mass is 9.63. The van der Waals surface area contributed by atoms with Crippen molar-refractivity contribution in [1.29, 1.82) is 0 Å². The summed E-state index contributed by atoms with van der Waals surface area (Å²) >= 11 is 0. The van der Waals surface area contributed by atoms with Crippen molar-refractivity contribution in [2.45, 2.75) is 80.6 Å². The molecule has 0 aromatic heterocycles. The molecule has 0 bridgehead atoms. The van der Waals surface area contributed by atoms with Gasteiger partial charge in [0.05, 0.1) is 0 Å². The summed E-state index contributed by atoms with van der Waals surface area (Å²) in [4.78, 5) is 0. The van der Waals surface area contributed by atoms with Crippen molar-refractivity contribution in [3.8, 4) is 0 Å². The molecule has 0 fully saturated rings. The number of rotatable bonds is 8. The molecule has 0 heteroatoms. The van der Waals surface area contributed by atoms with Crippen LogP contribution < -0.4 is 0 Å². The van der Waals surface area contributed by atoms with E-state index in [1.807, 2.05) is 0 Å². The van der Waals surface area contributed by atoms with Gasteiger partial charge in [0, 0.05) is 0 Å². The van der Waals surface area contributed by atoms with Crippen LogP contribution in [0.1, 0.15) is 80.6 Å². The van der Waals surface area contributed by atoms with Crippen LogP contribution in [0.25, 0.3) is 0 Å². The van der Waals surface area contributed by atoms with Crippen molar-refractivity contribution < 1.29 is 0 Å². The Morgan fingerprint density at radius 2 is 1.38 bits per heavy atom. The molecule has 0 aromatic rings. The summed E-state index contributed by atoms with van der Waals surface area (Å²) in [5.74, 6) is 2.61. The van der Waals surface area contributed by atoms with Crippen LogP contribution in [0, 0.1) is 23.2 Å². The fourth-order valence-corrected chi connectivity index (χ4v) is 3.49. The highest BCUT2D eigenvalue weighted by atomic mass is 14.4. The molecule has 0 N–H and O–H groups in total. The van der Waals surface area contributed by atoms with Crippen LogP contribution in [-0.2, 0) is 0 Å². The van der Waals surface area contributed by atoms with Crippen molar-refractivity contribution in [2.24, 2.45) is 23.2 Å². The van der Waals surface area contributed by atoms with Gasteiger partial charge in [0.15, 0.2) is 0 Å². The minimum absolute atomic E-state index is 0.499. The highest BCUT2D eigenvalue weighted by Crippen LogP contribution is 2.44. The van der Waals surface area contributed by atoms with Crippen molar-refractivity contribution in [1.82, 2.24) is 0 Å². The van der Waals surface area contributed by atoms with Crippen molar-refractivity contribution >= 4 is 0 Å². The molecule has 0 aromatic carbocycles. The van der Waals surface area contributed by atoms with Gasteiger partial charge in [0.25, 0.3) is 0 Å². The SMILES string of the molecule is CCCC(C)C(CC)C(C)(C)C(C)CCC. The summed E-state index contributed by atoms with van der Waals surface area (Å²) in [6.07, 6.45) is 6.75. The lowest BCUT2D eigenvalue weighted by Gasteiger charge is -2.42. The van der Waals surface area contributed by atoms with Crippen molar-refractivity contribution in [3.63, 3.8) is 0 Å². The molecule has 0 spiro atoms. The van der Waals surface area contributed by atoms with E-state index >= 15 is 0 Å². The van der Waals surface area contributed by atoms with E-state index in [1.54, 1.807) is 0 Å². The normalized spacial score (nSPS) is 18.2. The van der Waals surface area contributed by atoms with Gasteiger partial charge in [-0.25, -0.2) is 0 Å². The third-order valence-electron chi connectivity index (χ3n) is 4.82. The Hall–Kier alpha value is 0. The average Bonchev–Trinajstić information content (AvgIpc) is 2.19. The summed E-state index contributed by atoms with van der Waals surface area (Å²) in [5, 5.41) is 0. The summed E-state index contributed by atoms with van der Waals surface area (Å²) in [6, 6.07) is 0. The Morgan fingerprint density at radius 1 is 0.875 bits per heavy atom. The first-order chi connectivity index (χ1) is 7.41. The lowest BCUT2D eigenvalue weighted by molar-refractivity contribution is 0.0690. The molecular weight excluding hydrogens is 192 g/mol. The molecule has 0 saturated carbocycles. The zero-order valence-corrected chi connectivity index (χ0v) is 12.8. The predicted octanol–water partition coefficient (Wildman–Crippen LogP) is 5.91.